The lowest BCUT2D eigenvalue weighted by molar-refractivity contribution is -0.116. The minimum Gasteiger partial charge on any atom is -0.441 e. The van der Waals surface area contributed by atoms with Crippen LogP contribution in [0.4, 0.5) is 10.1 Å². The SMILES string of the molecule is CN1C(=O)c2ccc(NC(=O)CCc3ncc(-c4ccccc4F)o3)cc2C1=O. The van der Waals surface area contributed by atoms with Gasteiger partial charge in [-0.3, -0.25) is 19.3 Å². The summed E-state index contributed by atoms with van der Waals surface area (Å²) in [6.45, 7) is 0. The van der Waals surface area contributed by atoms with E-state index in [1.54, 1.807) is 24.3 Å². The Labute approximate surface area is 165 Å². The number of aryl methyl sites for hydroxylation is 1. The first-order valence-electron chi connectivity index (χ1n) is 8.90. The Balaban J connectivity index is 1.39. The Hall–Kier alpha value is -3.81. The van der Waals surface area contributed by atoms with E-state index in [-0.39, 0.29) is 30.2 Å². The van der Waals surface area contributed by atoms with Crippen LogP contribution < -0.4 is 5.32 Å². The molecule has 0 saturated heterocycles. The molecule has 1 N–H and O–H groups in total. The predicted octanol–water partition coefficient (Wildman–Crippen LogP) is 3.28. The predicted molar refractivity (Wildman–Crippen MR) is 102 cm³/mol. The Morgan fingerprint density at radius 2 is 1.86 bits per heavy atom. The molecule has 3 aromatic rings. The van der Waals surface area contributed by atoms with Gasteiger partial charge in [-0.25, -0.2) is 9.37 Å². The van der Waals surface area contributed by atoms with Crippen molar-refractivity contribution in [2.45, 2.75) is 12.8 Å². The van der Waals surface area contributed by atoms with Gasteiger partial charge in [-0.05, 0) is 30.3 Å². The van der Waals surface area contributed by atoms with Gasteiger partial charge in [0.15, 0.2) is 11.7 Å². The van der Waals surface area contributed by atoms with Gasteiger partial charge in [0.25, 0.3) is 11.8 Å². The number of carbonyl (C=O) groups excluding carboxylic acids is 3. The van der Waals surface area contributed by atoms with E-state index in [0.29, 0.717) is 28.5 Å². The largest absolute Gasteiger partial charge is 0.441 e. The molecule has 2 heterocycles. The van der Waals surface area contributed by atoms with Gasteiger partial charge in [-0.15, -0.1) is 0 Å². The van der Waals surface area contributed by atoms with Gasteiger partial charge < -0.3 is 9.73 Å². The Morgan fingerprint density at radius 1 is 1.10 bits per heavy atom. The van der Waals surface area contributed by atoms with Crippen LogP contribution in [0.2, 0.25) is 0 Å². The Bertz CT molecular complexity index is 1140. The molecule has 0 spiro atoms. The highest BCUT2D eigenvalue weighted by molar-refractivity contribution is 6.21. The van der Waals surface area contributed by atoms with Crippen molar-refractivity contribution in [1.29, 1.82) is 0 Å². The van der Waals surface area contributed by atoms with Crippen molar-refractivity contribution in [2.24, 2.45) is 0 Å². The van der Waals surface area contributed by atoms with E-state index in [1.165, 1.54) is 31.4 Å². The average molecular weight is 393 g/mol. The molecule has 8 heteroatoms. The lowest BCUT2D eigenvalue weighted by Gasteiger charge is -2.05. The second-order valence-electron chi connectivity index (χ2n) is 6.58. The summed E-state index contributed by atoms with van der Waals surface area (Å²) < 4.78 is 19.3. The number of carbonyl (C=O) groups is 3. The number of hydrogen-bond acceptors (Lipinski definition) is 5. The Morgan fingerprint density at radius 3 is 2.66 bits per heavy atom. The monoisotopic (exact) mass is 393 g/mol. The average Bonchev–Trinajstić information content (AvgIpc) is 3.27. The van der Waals surface area contributed by atoms with Crippen molar-refractivity contribution in [3.63, 3.8) is 0 Å². The number of benzene rings is 2. The fourth-order valence-corrected chi connectivity index (χ4v) is 3.09. The van der Waals surface area contributed by atoms with Crippen LogP contribution in [-0.4, -0.2) is 34.7 Å². The molecule has 4 rings (SSSR count). The van der Waals surface area contributed by atoms with Crippen LogP contribution in [0, 0.1) is 5.82 Å². The van der Waals surface area contributed by atoms with Crippen LogP contribution in [0.5, 0.6) is 0 Å². The number of hydrogen-bond donors (Lipinski definition) is 1. The molecule has 0 radical (unpaired) electrons. The van der Waals surface area contributed by atoms with E-state index in [1.807, 2.05) is 0 Å². The zero-order valence-corrected chi connectivity index (χ0v) is 15.4. The van der Waals surface area contributed by atoms with E-state index in [0.717, 1.165) is 4.90 Å². The highest BCUT2D eigenvalue weighted by atomic mass is 19.1. The quantitative estimate of drug-likeness (QED) is 0.672. The highest BCUT2D eigenvalue weighted by Crippen LogP contribution is 2.25. The molecule has 0 atom stereocenters. The minimum absolute atomic E-state index is 0.0844. The lowest BCUT2D eigenvalue weighted by Crippen LogP contribution is -2.24. The lowest BCUT2D eigenvalue weighted by atomic mass is 10.1. The maximum Gasteiger partial charge on any atom is 0.261 e. The van der Waals surface area contributed by atoms with Gasteiger partial charge >= 0.3 is 0 Å². The third-order valence-corrected chi connectivity index (χ3v) is 4.63. The van der Waals surface area contributed by atoms with Gasteiger partial charge in [-0.2, -0.15) is 0 Å². The van der Waals surface area contributed by atoms with E-state index < -0.39 is 11.7 Å². The van der Waals surface area contributed by atoms with E-state index in [9.17, 15) is 18.8 Å². The molecule has 0 aliphatic carbocycles. The van der Waals surface area contributed by atoms with Crippen LogP contribution >= 0.6 is 0 Å². The van der Waals surface area contributed by atoms with Gasteiger partial charge in [0.1, 0.15) is 5.82 Å². The summed E-state index contributed by atoms with van der Waals surface area (Å²) in [5.41, 5.74) is 1.30. The summed E-state index contributed by atoms with van der Waals surface area (Å²) in [5.74, 6) is -0.873. The van der Waals surface area contributed by atoms with Gasteiger partial charge in [0.2, 0.25) is 5.91 Å². The molecular weight excluding hydrogens is 377 g/mol. The summed E-state index contributed by atoms with van der Waals surface area (Å²) in [7, 11) is 1.41. The molecule has 0 fully saturated rings. The van der Waals surface area contributed by atoms with E-state index >= 15 is 0 Å². The van der Waals surface area contributed by atoms with Crippen LogP contribution in [0.15, 0.2) is 53.1 Å². The standard InChI is InChI=1S/C21H16FN3O4/c1-25-20(27)13-7-6-12(10-15(13)21(25)28)24-18(26)8-9-19-23-11-17(29-19)14-4-2-3-5-16(14)22/h2-7,10-11H,8-9H2,1H3,(H,24,26). The van der Waals surface area contributed by atoms with Crippen molar-refractivity contribution in [3.8, 4) is 11.3 Å². The van der Waals surface area contributed by atoms with Crippen LogP contribution in [0.25, 0.3) is 11.3 Å². The van der Waals surface area contributed by atoms with Crippen LogP contribution in [0.3, 0.4) is 0 Å². The van der Waals surface area contributed by atoms with Gasteiger partial charge in [0.05, 0.1) is 22.9 Å². The van der Waals surface area contributed by atoms with Gasteiger partial charge in [0, 0.05) is 25.6 Å². The molecule has 3 amide bonds. The number of oxazole rings is 1. The topological polar surface area (TPSA) is 92.5 Å². The zero-order chi connectivity index (χ0) is 20.5. The summed E-state index contributed by atoms with van der Waals surface area (Å²) in [6, 6.07) is 10.8. The number of nitrogens with zero attached hydrogens (tertiary/aromatic N) is 2. The summed E-state index contributed by atoms with van der Waals surface area (Å²) in [4.78, 5) is 41.3. The molecule has 0 saturated carbocycles. The third-order valence-electron chi connectivity index (χ3n) is 4.63. The first kappa shape index (κ1) is 18.5. The first-order valence-corrected chi connectivity index (χ1v) is 8.90. The smallest absolute Gasteiger partial charge is 0.261 e. The minimum atomic E-state index is -0.414. The summed E-state index contributed by atoms with van der Waals surface area (Å²) in [5, 5.41) is 2.69. The fourth-order valence-electron chi connectivity index (χ4n) is 3.09. The molecule has 29 heavy (non-hydrogen) atoms. The second-order valence-corrected chi connectivity index (χ2v) is 6.58. The van der Waals surface area contributed by atoms with Crippen LogP contribution in [0.1, 0.15) is 33.0 Å². The molecule has 0 unspecified atom stereocenters. The molecule has 0 bridgehead atoms. The highest BCUT2D eigenvalue weighted by Gasteiger charge is 2.32. The first-order chi connectivity index (χ1) is 13.9. The number of aromatic nitrogens is 1. The van der Waals surface area contributed by atoms with Gasteiger partial charge in [-0.1, -0.05) is 12.1 Å². The Kier molecular flexibility index (Phi) is 4.67. The van der Waals surface area contributed by atoms with Crippen molar-refractivity contribution >= 4 is 23.4 Å². The van der Waals surface area contributed by atoms with Crippen molar-refractivity contribution in [1.82, 2.24) is 9.88 Å². The van der Waals surface area contributed by atoms with Crippen molar-refractivity contribution in [2.75, 3.05) is 12.4 Å². The maximum absolute atomic E-state index is 13.8. The number of halogens is 1. The number of amides is 3. The maximum atomic E-state index is 13.8. The molecule has 146 valence electrons. The van der Waals surface area contributed by atoms with Crippen molar-refractivity contribution < 1.29 is 23.2 Å². The van der Waals surface area contributed by atoms with E-state index in [4.69, 9.17) is 4.42 Å². The normalized spacial score (nSPS) is 13.0. The van der Waals surface area contributed by atoms with Crippen molar-refractivity contribution in [3.05, 3.63) is 71.5 Å². The molecule has 7 nitrogen and oxygen atoms in total. The number of nitrogens with one attached hydrogen (secondary N) is 1. The van der Waals surface area contributed by atoms with Crippen LogP contribution in [-0.2, 0) is 11.2 Å². The molecule has 2 aromatic carbocycles. The number of imide groups is 1. The molecule has 1 aliphatic rings. The third kappa shape index (κ3) is 3.52. The summed E-state index contributed by atoms with van der Waals surface area (Å²) in [6.07, 6.45) is 1.73. The molecular formula is C21H16FN3O4. The van der Waals surface area contributed by atoms with E-state index in [2.05, 4.69) is 10.3 Å². The molecule has 1 aliphatic heterocycles. The number of rotatable bonds is 5. The summed E-state index contributed by atoms with van der Waals surface area (Å²) >= 11 is 0. The zero-order valence-electron chi connectivity index (χ0n) is 15.4. The number of anilines is 1. The second kappa shape index (κ2) is 7.31. The fraction of sp³-hybridized carbons (Fsp3) is 0.143. The number of fused-ring (bicyclic) bond motifs is 1. The molecule has 1 aromatic heterocycles.